The summed E-state index contributed by atoms with van der Waals surface area (Å²) in [5.41, 5.74) is 1.31. The second-order valence-corrected chi connectivity index (χ2v) is 6.66. The third-order valence-electron chi connectivity index (χ3n) is 3.89. The highest BCUT2D eigenvalue weighted by Gasteiger charge is 2.18. The summed E-state index contributed by atoms with van der Waals surface area (Å²) >= 11 is 1.41. The van der Waals surface area contributed by atoms with Crippen molar-refractivity contribution in [1.82, 2.24) is 19.3 Å². The first kappa shape index (κ1) is 16.3. The molecule has 0 atom stereocenters. The van der Waals surface area contributed by atoms with Gasteiger partial charge < -0.3 is 9.30 Å². The predicted molar refractivity (Wildman–Crippen MR) is 101 cm³/mol. The first-order valence-electron chi connectivity index (χ1n) is 8.16. The topological polar surface area (TPSA) is 74.0 Å². The van der Waals surface area contributed by atoms with Gasteiger partial charge in [-0.25, -0.2) is 4.98 Å². The van der Waals surface area contributed by atoms with Gasteiger partial charge >= 0.3 is 0 Å². The molecule has 3 aromatic heterocycles. The van der Waals surface area contributed by atoms with Crippen LogP contribution in [-0.2, 0) is 7.05 Å². The van der Waals surface area contributed by atoms with Crippen LogP contribution in [-0.4, -0.2) is 31.8 Å². The fourth-order valence-corrected chi connectivity index (χ4v) is 3.64. The van der Waals surface area contributed by atoms with Crippen molar-refractivity contribution in [3.63, 3.8) is 0 Å². The van der Waals surface area contributed by atoms with Crippen molar-refractivity contribution in [2.75, 3.05) is 11.9 Å². The first-order chi connectivity index (χ1) is 12.7. The minimum Gasteiger partial charge on any atom is -0.494 e. The number of ether oxygens (including phenoxy) is 1. The summed E-state index contributed by atoms with van der Waals surface area (Å²) in [6.07, 6.45) is 5.31. The van der Waals surface area contributed by atoms with E-state index < -0.39 is 0 Å². The molecule has 0 unspecified atom stereocenters. The quantitative estimate of drug-likeness (QED) is 0.586. The lowest BCUT2D eigenvalue weighted by atomic mass is 10.3. The van der Waals surface area contributed by atoms with Crippen LogP contribution in [0.5, 0.6) is 5.75 Å². The van der Waals surface area contributed by atoms with Gasteiger partial charge in [-0.1, -0.05) is 11.3 Å². The van der Waals surface area contributed by atoms with E-state index in [1.54, 1.807) is 17.9 Å². The lowest BCUT2D eigenvalue weighted by Crippen LogP contribution is -2.14. The monoisotopic (exact) mass is 367 g/mol. The Kier molecular flexibility index (Phi) is 4.18. The molecule has 4 rings (SSSR count). The van der Waals surface area contributed by atoms with Crippen molar-refractivity contribution in [3.05, 3.63) is 54.5 Å². The van der Waals surface area contributed by atoms with E-state index >= 15 is 0 Å². The van der Waals surface area contributed by atoms with Crippen molar-refractivity contribution in [2.24, 2.45) is 7.05 Å². The first-order valence-corrected chi connectivity index (χ1v) is 8.97. The Labute approximate surface area is 153 Å². The number of thiazole rings is 1. The zero-order chi connectivity index (χ0) is 18.1. The molecule has 7 nitrogen and oxygen atoms in total. The van der Waals surface area contributed by atoms with Crippen LogP contribution in [0.25, 0.3) is 16.0 Å². The molecule has 0 fully saturated rings. The summed E-state index contributed by atoms with van der Waals surface area (Å²) in [7, 11) is 1.80. The molecule has 0 spiro atoms. The van der Waals surface area contributed by atoms with Gasteiger partial charge in [0.25, 0.3) is 5.91 Å². The Morgan fingerprint density at radius 2 is 2.12 bits per heavy atom. The minimum atomic E-state index is -0.245. The highest BCUT2D eigenvalue weighted by Crippen LogP contribution is 2.29. The van der Waals surface area contributed by atoms with Gasteiger partial charge in [0, 0.05) is 19.4 Å². The number of carbonyl (C=O) groups is 1. The van der Waals surface area contributed by atoms with Crippen molar-refractivity contribution < 1.29 is 9.53 Å². The van der Waals surface area contributed by atoms with Crippen molar-refractivity contribution in [2.45, 2.75) is 6.92 Å². The zero-order valence-corrected chi connectivity index (χ0v) is 15.2. The summed E-state index contributed by atoms with van der Waals surface area (Å²) in [4.78, 5) is 17.2. The Morgan fingerprint density at radius 1 is 1.31 bits per heavy atom. The maximum Gasteiger partial charge on any atom is 0.262 e. The second-order valence-electron chi connectivity index (χ2n) is 5.63. The number of rotatable bonds is 5. The molecule has 8 heteroatoms. The molecule has 4 aromatic rings. The summed E-state index contributed by atoms with van der Waals surface area (Å²) in [6, 6.07) is 9.50. The summed E-state index contributed by atoms with van der Waals surface area (Å²) < 4.78 is 10.00. The van der Waals surface area contributed by atoms with Crippen LogP contribution in [0.1, 0.15) is 17.3 Å². The van der Waals surface area contributed by atoms with Crippen LogP contribution in [0.4, 0.5) is 5.13 Å². The van der Waals surface area contributed by atoms with E-state index in [2.05, 4.69) is 15.4 Å². The lowest BCUT2D eigenvalue weighted by molar-refractivity contribution is 0.102. The lowest BCUT2D eigenvalue weighted by Gasteiger charge is -2.06. The Hall–Kier alpha value is -3.13. The molecule has 0 saturated heterocycles. The zero-order valence-electron chi connectivity index (χ0n) is 14.3. The van der Waals surface area contributed by atoms with E-state index in [4.69, 9.17) is 4.74 Å². The molecule has 3 heterocycles. The number of fused-ring (bicyclic) bond motifs is 1. The van der Waals surface area contributed by atoms with Crippen LogP contribution < -0.4 is 10.1 Å². The number of aromatic nitrogens is 4. The molecule has 1 N–H and O–H groups in total. The van der Waals surface area contributed by atoms with Gasteiger partial charge in [0.2, 0.25) is 0 Å². The number of carbonyl (C=O) groups excluding carboxylic acids is 1. The highest BCUT2D eigenvalue weighted by atomic mass is 32.1. The Bertz CT molecular complexity index is 1060. The van der Waals surface area contributed by atoms with Gasteiger partial charge in [0.1, 0.15) is 17.1 Å². The molecule has 0 aliphatic rings. The van der Waals surface area contributed by atoms with Crippen molar-refractivity contribution in [3.8, 4) is 11.6 Å². The molecule has 26 heavy (non-hydrogen) atoms. The van der Waals surface area contributed by atoms with E-state index in [1.807, 2.05) is 54.2 Å². The molecule has 1 amide bonds. The Balaban J connectivity index is 1.62. The van der Waals surface area contributed by atoms with Gasteiger partial charge in [0.05, 0.1) is 23.0 Å². The van der Waals surface area contributed by atoms with Crippen LogP contribution in [0.15, 0.2) is 48.9 Å². The van der Waals surface area contributed by atoms with Gasteiger partial charge in [-0.3, -0.25) is 14.8 Å². The number of benzene rings is 1. The van der Waals surface area contributed by atoms with Gasteiger partial charge in [-0.15, -0.1) is 0 Å². The fourth-order valence-electron chi connectivity index (χ4n) is 2.75. The smallest absolute Gasteiger partial charge is 0.262 e. The minimum absolute atomic E-state index is 0.245. The van der Waals surface area contributed by atoms with Crippen LogP contribution in [0.3, 0.4) is 0 Å². The molecular weight excluding hydrogens is 350 g/mol. The average Bonchev–Trinajstić information content (AvgIpc) is 3.33. The third-order valence-corrected chi connectivity index (χ3v) is 4.83. The molecule has 0 radical (unpaired) electrons. The van der Waals surface area contributed by atoms with E-state index in [0.717, 1.165) is 16.0 Å². The van der Waals surface area contributed by atoms with Crippen molar-refractivity contribution in [1.29, 1.82) is 0 Å². The molecule has 0 saturated carbocycles. The fraction of sp³-hybridized carbons (Fsp3) is 0.167. The largest absolute Gasteiger partial charge is 0.494 e. The van der Waals surface area contributed by atoms with Gasteiger partial charge in [-0.2, -0.15) is 5.10 Å². The number of nitrogens with one attached hydrogen (secondary N) is 1. The number of anilines is 1. The number of aryl methyl sites for hydroxylation is 1. The van der Waals surface area contributed by atoms with E-state index in [-0.39, 0.29) is 5.91 Å². The SMILES string of the molecule is CCOc1ccc2nc(NC(=O)c3cnn(C)c3-n3cccc3)sc2c1. The van der Waals surface area contributed by atoms with Crippen LogP contribution >= 0.6 is 11.3 Å². The predicted octanol–water partition coefficient (Wildman–Crippen LogP) is 3.47. The molecule has 0 aliphatic carbocycles. The Morgan fingerprint density at radius 3 is 2.88 bits per heavy atom. The van der Waals surface area contributed by atoms with Gasteiger partial charge in [-0.05, 0) is 37.3 Å². The maximum atomic E-state index is 12.8. The number of nitrogens with zero attached hydrogens (tertiary/aromatic N) is 4. The summed E-state index contributed by atoms with van der Waals surface area (Å²) in [5, 5.41) is 7.63. The number of hydrogen-bond donors (Lipinski definition) is 1. The number of amides is 1. The third kappa shape index (κ3) is 2.95. The highest BCUT2D eigenvalue weighted by molar-refractivity contribution is 7.22. The molecular formula is C18H17N5O2S. The van der Waals surface area contributed by atoms with E-state index in [1.165, 1.54) is 11.3 Å². The molecule has 132 valence electrons. The van der Waals surface area contributed by atoms with Crippen LogP contribution in [0, 0.1) is 0 Å². The van der Waals surface area contributed by atoms with Gasteiger partial charge in [0.15, 0.2) is 5.13 Å². The van der Waals surface area contributed by atoms with E-state index in [0.29, 0.717) is 23.1 Å². The van der Waals surface area contributed by atoms with E-state index in [9.17, 15) is 4.79 Å². The normalized spacial score (nSPS) is 11.0. The molecule has 1 aromatic carbocycles. The van der Waals surface area contributed by atoms with Crippen LogP contribution in [0.2, 0.25) is 0 Å². The molecule has 0 aliphatic heterocycles. The molecule has 0 bridgehead atoms. The number of hydrogen-bond acceptors (Lipinski definition) is 5. The standard InChI is InChI=1S/C18H17N5O2S/c1-3-25-12-6-7-14-15(10-12)26-18(20-14)21-16(24)13-11-19-22(2)17(13)23-8-4-5-9-23/h4-11H,3H2,1-2H3,(H,20,21,24). The maximum absolute atomic E-state index is 12.8. The average molecular weight is 367 g/mol. The van der Waals surface area contributed by atoms with Crippen molar-refractivity contribution >= 4 is 32.6 Å². The summed E-state index contributed by atoms with van der Waals surface area (Å²) in [5.74, 6) is 1.25. The summed E-state index contributed by atoms with van der Waals surface area (Å²) in [6.45, 7) is 2.55. The second kappa shape index (κ2) is 6.64.